The van der Waals surface area contributed by atoms with Crippen molar-refractivity contribution in [2.45, 2.75) is 93.9 Å². The van der Waals surface area contributed by atoms with Crippen molar-refractivity contribution < 1.29 is 9.47 Å². The number of rotatable bonds is 6. The van der Waals surface area contributed by atoms with Crippen LogP contribution in [0.15, 0.2) is 70.6 Å². The summed E-state index contributed by atoms with van der Waals surface area (Å²) in [4.78, 5) is 10.3. The molecule has 4 aliphatic rings. The van der Waals surface area contributed by atoms with Crippen LogP contribution in [-0.2, 0) is 22.3 Å². The van der Waals surface area contributed by atoms with E-state index in [4.69, 9.17) is 19.5 Å². The fourth-order valence-electron chi connectivity index (χ4n) is 6.49. The van der Waals surface area contributed by atoms with Gasteiger partial charge in [0, 0.05) is 0 Å². The topological polar surface area (TPSA) is 43.2 Å². The van der Waals surface area contributed by atoms with Gasteiger partial charge < -0.3 is 9.47 Å². The van der Waals surface area contributed by atoms with E-state index >= 15 is 0 Å². The predicted molar refractivity (Wildman–Crippen MR) is 132 cm³/mol. The van der Waals surface area contributed by atoms with E-state index in [0.29, 0.717) is 6.42 Å². The Morgan fingerprint density at radius 1 is 0.606 bits per heavy atom. The van der Waals surface area contributed by atoms with Crippen LogP contribution in [0, 0.1) is 0 Å². The number of ether oxygens (including phenoxy) is 2. The van der Waals surface area contributed by atoms with Gasteiger partial charge in [0.05, 0.1) is 18.5 Å². The molecule has 0 radical (unpaired) electrons. The third-order valence-electron chi connectivity index (χ3n) is 8.20. The van der Waals surface area contributed by atoms with Crippen LogP contribution in [0.25, 0.3) is 0 Å². The van der Waals surface area contributed by atoms with Gasteiger partial charge >= 0.3 is 0 Å². The normalized spacial score (nSPS) is 26.9. The lowest BCUT2D eigenvalue weighted by Gasteiger charge is -2.30. The summed E-state index contributed by atoms with van der Waals surface area (Å²) >= 11 is 0. The summed E-state index contributed by atoms with van der Waals surface area (Å²) in [6.07, 6.45) is 11.8. The molecule has 0 N–H and O–H groups in total. The molecule has 2 heterocycles. The van der Waals surface area contributed by atoms with E-state index in [0.717, 1.165) is 50.3 Å². The lowest BCUT2D eigenvalue weighted by Crippen LogP contribution is -2.39. The molecule has 0 saturated heterocycles. The van der Waals surface area contributed by atoms with E-state index in [1.165, 1.54) is 36.8 Å². The van der Waals surface area contributed by atoms with Crippen LogP contribution >= 0.6 is 0 Å². The van der Waals surface area contributed by atoms with Crippen molar-refractivity contribution in [3.63, 3.8) is 0 Å². The molecule has 2 aliphatic heterocycles. The van der Waals surface area contributed by atoms with Crippen molar-refractivity contribution in [1.29, 1.82) is 0 Å². The average Bonchev–Trinajstić information content (AvgIpc) is 3.62. The molecule has 6 rings (SSSR count). The van der Waals surface area contributed by atoms with Crippen molar-refractivity contribution in [2.75, 3.05) is 0 Å². The van der Waals surface area contributed by atoms with Gasteiger partial charge in [-0.25, -0.2) is 9.98 Å². The van der Waals surface area contributed by atoms with Gasteiger partial charge in [0.25, 0.3) is 0 Å². The van der Waals surface area contributed by atoms with Gasteiger partial charge in [-0.2, -0.15) is 0 Å². The summed E-state index contributed by atoms with van der Waals surface area (Å²) in [7, 11) is 0. The van der Waals surface area contributed by atoms with E-state index in [-0.39, 0.29) is 23.3 Å². The zero-order chi connectivity index (χ0) is 22.1. The summed E-state index contributed by atoms with van der Waals surface area (Å²) in [6, 6.07) is 21.8. The smallest absolute Gasteiger partial charge is 0.193 e. The van der Waals surface area contributed by atoms with Gasteiger partial charge in [0.2, 0.25) is 0 Å². The molecule has 33 heavy (non-hydrogen) atoms. The fraction of sp³-hybridized carbons (Fsp3) is 0.517. The van der Waals surface area contributed by atoms with Gasteiger partial charge in [-0.05, 0) is 75.3 Å². The average molecular weight is 443 g/mol. The Kier molecular flexibility index (Phi) is 5.48. The third kappa shape index (κ3) is 4.09. The fourth-order valence-corrected chi connectivity index (χ4v) is 6.49. The van der Waals surface area contributed by atoms with Crippen LogP contribution in [0.2, 0.25) is 0 Å². The molecule has 0 amide bonds. The maximum atomic E-state index is 6.65. The molecule has 2 aromatic carbocycles. The molecular formula is C29H34N2O2. The van der Waals surface area contributed by atoms with Crippen LogP contribution in [-0.4, -0.2) is 35.1 Å². The zero-order valence-electron chi connectivity index (χ0n) is 19.4. The summed E-state index contributed by atoms with van der Waals surface area (Å²) in [6.45, 7) is 0. The highest BCUT2D eigenvalue weighted by molar-refractivity contribution is 5.99. The number of aliphatic imine (C=N–C) groups is 2. The summed E-state index contributed by atoms with van der Waals surface area (Å²) < 4.78 is 13.3. The quantitative estimate of drug-likeness (QED) is 0.544. The Balaban J connectivity index is 1.21. The van der Waals surface area contributed by atoms with E-state index in [9.17, 15) is 0 Å². The van der Waals surface area contributed by atoms with E-state index in [2.05, 4.69) is 60.7 Å². The van der Waals surface area contributed by atoms with Gasteiger partial charge in [-0.1, -0.05) is 60.7 Å². The molecule has 2 fully saturated rings. The van der Waals surface area contributed by atoms with E-state index < -0.39 is 0 Å². The first kappa shape index (κ1) is 20.9. The largest absolute Gasteiger partial charge is 0.472 e. The van der Waals surface area contributed by atoms with Gasteiger partial charge in [0.1, 0.15) is 11.2 Å². The van der Waals surface area contributed by atoms with Crippen LogP contribution in [0.5, 0.6) is 0 Å². The Morgan fingerprint density at radius 2 is 1.00 bits per heavy atom. The molecule has 2 aromatic rings. The second kappa shape index (κ2) is 8.62. The molecular weight excluding hydrogens is 408 g/mol. The standard InChI is InChI=1S/C29H34N2O2/c1-3-11-22(12-4-1)19-24-28(15-7-8-16-28)32-26(30-24)21-27-31-25(20-23-13-5-2-6-14-23)29(33-27)17-9-10-18-29/h1-6,11-14,24-25H,7-10,15-21H2/t24-,25-/m0/s1. The van der Waals surface area contributed by atoms with Crippen molar-refractivity contribution in [1.82, 2.24) is 0 Å². The minimum absolute atomic E-state index is 0.126. The molecule has 2 aliphatic carbocycles. The molecule has 172 valence electrons. The molecule has 4 nitrogen and oxygen atoms in total. The molecule has 0 bridgehead atoms. The number of hydrogen-bond donors (Lipinski definition) is 0. The minimum atomic E-state index is -0.126. The van der Waals surface area contributed by atoms with Crippen LogP contribution < -0.4 is 0 Å². The van der Waals surface area contributed by atoms with Gasteiger partial charge in [0.15, 0.2) is 11.8 Å². The Morgan fingerprint density at radius 3 is 1.39 bits per heavy atom. The molecule has 2 spiro atoms. The van der Waals surface area contributed by atoms with Crippen molar-refractivity contribution in [2.24, 2.45) is 9.98 Å². The predicted octanol–water partition coefficient (Wildman–Crippen LogP) is 6.08. The van der Waals surface area contributed by atoms with Gasteiger partial charge in [-0.15, -0.1) is 0 Å². The first-order valence-electron chi connectivity index (χ1n) is 12.8. The minimum Gasteiger partial charge on any atom is -0.472 e. The molecule has 2 atom stereocenters. The first-order chi connectivity index (χ1) is 16.2. The first-order valence-corrected chi connectivity index (χ1v) is 12.8. The summed E-state index contributed by atoms with van der Waals surface area (Å²) in [5.41, 5.74) is 2.42. The van der Waals surface area contributed by atoms with Crippen LogP contribution in [0.1, 0.15) is 68.9 Å². The van der Waals surface area contributed by atoms with E-state index in [1.54, 1.807) is 0 Å². The highest BCUT2D eigenvalue weighted by atomic mass is 16.5. The highest BCUT2D eigenvalue weighted by Gasteiger charge is 2.51. The Hall–Kier alpha value is -2.62. The lowest BCUT2D eigenvalue weighted by molar-refractivity contribution is 0.0547. The third-order valence-corrected chi connectivity index (χ3v) is 8.20. The highest BCUT2D eigenvalue weighted by Crippen LogP contribution is 2.45. The number of hydrogen-bond acceptors (Lipinski definition) is 4. The Labute approximate surface area is 197 Å². The molecule has 0 aromatic heterocycles. The lowest BCUT2D eigenvalue weighted by atomic mass is 9.88. The summed E-state index contributed by atoms with van der Waals surface area (Å²) in [5.74, 6) is 1.68. The Bertz CT molecular complexity index is 935. The summed E-state index contributed by atoms with van der Waals surface area (Å²) in [5, 5.41) is 0. The maximum Gasteiger partial charge on any atom is 0.193 e. The second-order valence-electron chi connectivity index (χ2n) is 10.4. The molecule has 0 unspecified atom stereocenters. The van der Waals surface area contributed by atoms with Crippen molar-refractivity contribution >= 4 is 11.8 Å². The SMILES string of the molecule is c1ccc(C[C@@H]2N=C(CC3=N[C@@H](Cc4ccccc4)C4(CCCC4)O3)OC23CCCC3)cc1. The molecule has 4 heteroatoms. The second-order valence-corrected chi connectivity index (χ2v) is 10.4. The maximum absolute atomic E-state index is 6.65. The van der Waals surface area contributed by atoms with Crippen molar-refractivity contribution in [3.05, 3.63) is 71.8 Å². The number of nitrogens with zero attached hydrogens (tertiary/aromatic N) is 2. The zero-order valence-corrected chi connectivity index (χ0v) is 19.4. The number of benzene rings is 2. The van der Waals surface area contributed by atoms with Crippen LogP contribution in [0.4, 0.5) is 0 Å². The monoisotopic (exact) mass is 442 g/mol. The van der Waals surface area contributed by atoms with E-state index in [1.807, 2.05) is 0 Å². The van der Waals surface area contributed by atoms with Crippen LogP contribution in [0.3, 0.4) is 0 Å². The van der Waals surface area contributed by atoms with Gasteiger partial charge in [-0.3, -0.25) is 0 Å². The molecule has 2 saturated carbocycles. The van der Waals surface area contributed by atoms with Crippen molar-refractivity contribution in [3.8, 4) is 0 Å².